The van der Waals surface area contributed by atoms with Gasteiger partial charge < -0.3 is 4.74 Å². The van der Waals surface area contributed by atoms with Crippen LogP contribution in [0, 0.1) is 9.49 Å². The van der Waals surface area contributed by atoms with Crippen LogP contribution >= 0.6 is 22.6 Å². The van der Waals surface area contributed by atoms with Gasteiger partial charge in [0.25, 0.3) is 0 Å². The molecule has 0 amide bonds. The molecule has 1 aromatic rings. The van der Waals surface area contributed by atoms with E-state index in [1.165, 1.54) is 9.13 Å². The van der Waals surface area contributed by atoms with Crippen LogP contribution in [0.4, 0.5) is 0 Å². The van der Waals surface area contributed by atoms with Crippen molar-refractivity contribution in [3.63, 3.8) is 0 Å². The largest absolute Gasteiger partial charge is 0.369 e. The van der Waals surface area contributed by atoms with E-state index in [2.05, 4.69) is 80.0 Å². The molecule has 0 bridgehead atoms. The van der Waals surface area contributed by atoms with Gasteiger partial charge in [-0.2, -0.15) is 0 Å². The monoisotopic (exact) mass is 374 g/mol. The van der Waals surface area contributed by atoms with E-state index in [9.17, 15) is 0 Å². The maximum absolute atomic E-state index is 6.19. The van der Waals surface area contributed by atoms with Crippen LogP contribution in [0.2, 0.25) is 0 Å². The summed E-state index contributed by atoms with van der Waals surface area (Å²) < 4.78 is 7.41. The molecule has 106 valence electrons. The Labute approximate surface area is 129 Å². The number of hydrogen-bond acceptors (Lipinski definition) is 3. The van der Waals surface area contributed by atoms with E-state index < -0.39 is 0 Å². The molecule has 0 saturated carbocycles. The smallest absolute Gasteiger partial charge is 0.0681 e. The summed E-state index contributed by atoms with van der Waals surface area (Å²) in [5, 5.41) is 0. The number of nitrogens with one attached hydrogen (secondary N) is 1. The highest BCUT2D eigenvalue weighted by atomic mass is 127. The van der Waals surface area contributed by atoms with Gasteiger partial charge in [0.2, 0.25) is 0 Å². The molecule has 1 heterocycles. The highest BCUT2D eigenvalue weighted by Crippen LogP contribution is 2.47. The number of rotatable bonds is 3. The first-order valence-electron chi connectivity index (χ1n) is 6.67. The Morgan fingerprint density at radius 2 is 2.05 bits per heavy atom. The summed E-state index contributed by atoms with van der Waals surface area (Å²) in [6.45, 7) is 8.61. The van der Waals surface area contributed by atoms with Crippen molar-refractivity contribution in [2.75, 3.05) is 0 Å². The molecule has 3 nitrogen and oxygen atoms in total. The molecular weight excluding hydrogens is 351 g/mol. The van der Waals surface area contributed by atoms with Gasteiger partial charge >= 0.3 is 0 Å². The van der Waals surface area contributed by atoms with Crippen molar-refractivity contribution in [2.24, 2.45) is 11.8 Å². The van der Waals surface area contributed by atoms with Gasteiger partial charge in [0.05, 0.1) is 17.2 Å². The Hall–Kier alpha value is -0.170. The third-order valence-corrected chi connectivity index (χ3v) is 4.60. The Bertz CT molecular complexity index is 459. The Balaban J connectivity index is 2.32. The standard InChI is InChI=1S/C15H23IN2O/c1-14(2)9-12(15(3,4)19-14)13(18-17)10-6-5-7-11(16)8-10/h5-8,12-13,18H,9,17H2,1-4H3. The maximum atomic E-state index is 6.19. The van der Waals surface area contributed by atoms with Gasteiger partial charge in [-0.15, -0.1) is 0 Å². The molecule has 2 rings (SSSR count). The first kappa shape index (κ1) is 15.2. The second-order valence-corrected chi connectivity index (χ2v) is 7.72. The summed E-state index contributed by atoms with van der Waals surface area (Å²) in [4.78, 5) is 0. The number of hydrazine groups is 1. The average Bonchev–Trinajstić information content (AvgIpc) is 2.48. The third kappa shape index (κ3) is 3.29. The van der Waals surface area contributed by atoms with E-state index in [4.69, 9.17) is 10.6 Å². The van der Waals surface area contributed by atoms with Crippen LogP contribution in [0.25, 0.3) is 0 Å². The fraction of sp³-hybridized carbons (Fsp3) is 0.600. The normalized spacial score (nSPS) is 26.3. The van der Waals surface area contributed by atoms with Gasteiger partial charge in [-0.25, -0.2) is 0 Å². The molecule has 2 unspecified atom stereocenters. The molecule has 1 aromatic carbocycles. The van der Waals surface area contributed by atoms with E-state index >= 15 is 0 Å². The average molecular weight is 374 g/mol. The summed E-state index contributed by atoms with van der Waals surface area (Å²) in [6.07, 6.45) is 1.00. The molecule has 4 heteroatoms. The van der Waals surface area contributed by atoms with Gasteiger partial charge in [0, 0.05) is 9.49 Å². The fourth-order valence-corrected chi connectivity index (χ4v) is 3.84. The minimum Gasteiger partial charge on any atom is -0.369 e. The third-order valence-electron chi connectivity index (χ3n) is 3.93. The van der Waals surface area contributed by atoms with Crippen LogP contribution in [-0.4, -0.2) is 11.2 Å². The van der Waals surface area contributed by atoms with Crippen molar-refractivity contribution in [3.8, 4) is 0 Å². The number of benzene rings is 1. The first-order valence-corrected chi connectivity index (χ1v) is 7.75. The summed E-state index contributed by atoms with van der Waals surface area (Å²) in [7, 11) is 0. The first-order chi connectivity index (χ1) is 8.75. The van der Waals surface area contributed by atoms with Crippen LogP contribution in [-0.2, 0) is 4.74 Å². The molecule has 0 aromatic heterocycles. The maximum Gasteiger partial charge on any atom is 0.0681 e. The van der Waals surface area contributed by atoms with Crippen molar-refractivity contribution in [2.45, 2.75) is 51.4 Å². The van der Waals surface area contributed by atoms with E-state index in [1.54, 1.807) is 0 Å². The lowest BCUT2D eigenvalue weighted by atomic mass is 9.79. The van der Waals surface area contributed by atoms with E-state index in [1.807, 2.05) is 0 Å². The number of hydrogen-bond donors (Lipinski definition) is 2. The minimum atomic E-state index is -0.179. The molecule has 3 N–H and O–H groups in total. The lowest BCUT2D eigenvalue weighted by Crippen LogP contribution is -2.41. The molecular formula is C15H23IN2O. The van der Waals surface area contributed by atoms with Crippen LogP contribution in [0.1, 0.15) is 45.7 Å². The zero-order valence-electron chi connectivity index (χ0n) is 12.0. The van der Waals surface area contributed by atoms with Crippen LogP contribution in [0.3, 0.4) is 0 Å². The second-order valence-electron chi connectivity index (χ2n) is 6.48. The zero-order valence-corrected chi connectivity index (χ0v) is 14.2. The van der Waals surface area contributed by atoms with E-state index in [0.717, 1.165) is 6.42 Å². The van der Waals surface area contributed by atoms with Crippen LogP contribution in [0.5, 0.6) is 0 Å². The molecule has 1 saturated heterocycles. The Kier molecular flexibility index (Phi) is 4.26. The van der Waals surface area contributed by atoms with Crippen molar-refractivity contribution >= 4 is 22.6 Å². The van der Waals surface area contributed by atoms with E-state index in [0.29, 0.717) is 5.92 Å². The molecule has 1 fully saturated rings. The van der Waals surface area contributed by atoms with Crippen molar-refractivity contribution < 1.29 is 4.74 Å². The zero-order chi connectivity index (χ0) is 14.3. The van der Waals surface area contributed by atoms with Crippen molar-refractivity contribution in [1.82, 2.24) is 5.43 Å². The topological polar surface area (TPSA) is 47.3 Å². The lowest BCUT2D eigenvalue weighted by molar-refractivity contribution is -0.0779. The molecule has 0 spiro atoms. The molecule has 2 atom stereocenters. The highest BCUT2D eigenvalue weighted by molar-refractivity contribution is 14.1. The van der Waals surface area contributed by atoms with Crippen LogP contribution < -0.4 is 11.3 Å². The van der Waals surface area contributed by atoms with Crippen molar-refractivity contribution in [3.05, 3.63) is 33.4 Å². The van der Waals surface area contributed by atoms with Gasteiger partial charge in [0.1, 0.15) is 0 Å². The second kappa shape index (κ2) is 5.31. The summed E-state index contributed by atoms with van der Waals surface area (Å²) >= 11 is 2.33. The lowest BCUT2D eigenvalue weighted by Gasteiger charge is -2.33. The van der Waals surface area contributed by atoms with Gasteiger partial charge in [-0.05, 0) is 74.4 Å². The number of ether oxygens (including phenoxy) is 1. The van der Waals surface area contributed by atoms with Crippen molar-refractivity contribution in [1.29, 1.82) is 0 Å². The van der Waals surface area contributed by atoms with Crippen LogP contribution in [0.15, 0.2) is 24.3 Å². The van der Waals surface area contributed by atoms with Gasteiger partial charge in [-0.1, -0.05) is 12.1 Å². The fourth-order valence-electron chi connectivity index (χ4n) is 3.27. The quantitative estimate of drug-likeness (QED) is 0.485. The summed E-state index contributed by atoms with van der Waals surface area (Å²) in [5.74, 6) is 6.19. The highest BCUT2D eigenvalue weighted by Gasteiger charge is 2.49. The molecule has 1 aliphatic heterocycles. The van der Waals surface area contributed by atoms with Gasteiger partial charge in [0.15, 0.2) is 0 Å². The number of nitrogens with two attached hydrogens (primary N) is 1. The SMILES string of the molecule is CC1(C)CC(C(NN)c2cccc(I)c2)C(C)(C)O1. The molecule has 1 aliphatic rings. The molecule has 19 heavy (non-hydrogen) atoms. The molecule has 0 aliphatic carbocycles. The Morgan fingerprint density at radius 3 is 2.53 bits per heavy atom. The summed E-state index contributed by atoms with van der Waals surface area (Å²) in [6, 6.07) is 8.61. The Morgan fingerprint density at radius 1 is 1.37 bits per heavy atom. The van der Waals surface area contributed by atoms with Gasteiger partial charge in [-0.3, -0.25) is 11.3 Å². The number of halogens is 1. The predicted octanol–water partition coefficient (Wildman–Crippen LogP) is 3.39. The minimum absolute atomic E-state index is 0.0921. The predicted molar refractivity (Wildman–Crippen MR) is 86.6 cm³/mol. The summed E-state index contributed by atoms with van der Waals surface area (Å²) in [5.41, 5.74) is 3.96. The van der Waals surface area contributed by atoms with E-state index in [-0.39, 0.29) is 17.2 Å². The molecule has 0 radical (unpaired) electrons.